The lowest BCUT2D eigenvalue weighted by Crippen LogP contribution is -2.45. The number of likely N-dealkylation sites (tertiary alicyclic amines) is 1. The third-order valence-electron chi connectivity index (χ3n) is 3.29. The lowest BCUT2D eigenvalue weighted by atomic mass is 10.1. The molecule has 1 unspecified atom stereocenters. The van der Waals surface area contributed by atoms with Crippen LogP contribution in [0.2, 0.25) is 0 Å². The van der Waals surface area contributed by atoms with Gasteiger partial charge in [0.05, 0.1) is 11.0 Å². The molecule has 0 radical (unpaired) electrons. The van der Waals surface area contributed by atoms with Crippen molar-refractivity contribution < 1.29 is 9.53 Å². The average molecular weight is 364 g/mol. The molecule has 1 aliphatic rings. The predicted octanol–water partition coefficient (Wildman–Crippen LogP) is 1.71. The summed E-state index contributed by atoms with van der Waals surface area (Å²) >= 11 is 3.28. The monoisotopic (exact) mass is 363 g/mol. The smallest absolute Gasteiger partial charge is 0.316 e. The van der Waals surface area contributed by atoms with Crippen LogP contribution in [0.3, 0.4) is 0 Å². The first-order chi connectivity index (χ1) is 10.7. The topological polar surface area (TPSA) is 81.1 Å². The first kappa shape index (κ1) is 14.8. The Morgan fingerprint density at radius 3 is 2.68 bits per heavy atom. The molecule has 2 aromatic rings. The first-order valence-electron chi connectivity index (χ1n) is 6.93. The highest BCUT2D eigenvalue weighted by Gasteiger charge is 2.27. The number of nitrogens with zero attached hydrogens (tertiary/aromatic N) is 5. The van der Waals surface area contributed by atoms with Crippen molar-refractivity contribution in [3.8, 4) is 6.01 Å². The van der Waals surface area contributed by atoms with E-state index in [9.17, 15) is 4.79 Å². The van der Waals surface area contributed by atoms with Gasteiger partial charge >= 0.3 is 6.01 Å². The Bertz CT molecular complexity index is 637. The van der Waals surface area contributed by atoms with Crippen molar-refractivity contribution in [1.82, 2.24) is 24.8 Å². The molecule has 22 heavy (non-hydrogen) atoms. The van der Waals surface area contributed by atoms with Gasteiger partial charge in [-0.2, -0.15) is 0 Å². The second kappa shape index (κ2) is 6.78. The number of aromatic nitrogens is 4. The maximum atomic E-state index is 12.4. The van der Waals surface area contributed by atoms with Gasteiger partial charge < -0.3 is 9.64 Å². The third-order valence-corrected chi connectivity index (χ3v) is 3.70. The lowest BCUT2D eigenvalue weighted by Gasteiger charge is -2.31. The zero-order chi connectivity index (χ0) is 15.4. The van der Waals surface area contributed by atoms with E-state index in [2.05, 4.69) is 35.9 Å². The normalized spacial score (nSPS) is 18.0. The summed E-state index contributed by atoms with van der Waals surface area (Å²) in [4.78, 5) is 30.2. The molecule has 0 aromatic carbocycles. The van der Waals surface area contributed by atoms with E-state index in [-0.39, 0.29) is 17.8 Å². The van der Waals surface area contributed by atoms with Crippen LogP contribution in [0.25, 0.3) is 0 Å². The fraction of sp³-hybridized carbons (Fsp3) is 0.357. The summed E-state index contributed by atoms with van der Waals surface area (Å²) in [5.74, 6) is 0.0358. The molecular formula is C14H14BrN5O2. The zero-order valence-corrected chi connectivity index (χ0v) is 13.3. The van der Waals surface area contributed by atoms with E-state index in [1.54, 1.807) is 35.8 Å². The molecule has 1 saturated heterocycles. The summed E-state index contributed by atoms with van der Waals surface area (Å²) < 4.78 is 6.54. The molecule has 1 aliphatic heterocycles. The van der Waals surface area contributed by atoms with Crippen LogP contribution in [0.4, 0.5) is 0 Å². The molecule has 1 fully saturated rings. The number of amides is 1. The van der Waals surface area contributed by atoms with Crippen molar-refractivity contribution in [2.75, 3.05) is 13.1 Å². The second-order valence-corrected chi connectivity index (χ2v) is 5.81. The van der Waals surface area contributed by atoms with E-state index in [4.69, 9.17) is 4.74 Å². The number of halogens is 1. The summed E-state index contributed by atoms with van der Waals surface area (Å²) in [6.45, 7) is 1.16. The van der Waals surface area contributed by atoms with E-state index < -0.39 is 0 Å². The summed E-state index contributed by atoms with van der Waals surface area (Å²) in [5, 5.41) is 0. The van der Waals surface area contributed by atoms with Gasteiger partial charge in [0, 0.05) is 31.3 Å². The molecule has 114 valence electrons. The number of carbonyl (C=O) groups is 1. The van der Waals surface area contributed by atoms with Crippen molar-refractivity contribution in [1.29, 1.82) is 0 Å². The van der Waals surface area contributed by atoms with E-state index >= 15 is 0 Å². The summed E-state index contributed by atoms with van der Waals surface area (Å²) in [6.07, 6.45) is 7.99. The molecule has 3 rings (SSSR count). The van der Waals surface area contributed by atoms with Gasteiger partial charge in [0.15, 0.2) is 0 Å². The Hall–Kier alpha value is -2.09. The predicted molar refractivity (Wildman–Crippen MR) is 81.3 cm³/mol. The first-order valence-corrected chi connectivity index (χ1v) is 7.72. The number of hydrogen-bond donors (Lipinski definition) is 0. The van der Waals surface area contributed by atoms with Crippen LogP contribution in [0, 0.1) is 0 Å². The van der Waals surface area contributed by atoms with Gasteiger partial charge in [0.25, 0.3) is 5.91 Å². The summed E-state index contributed by atoms with van der Waals surface area (Å²) in [6, 6.07) is 2.00. The highest BCUT2D eigenvalue weighted by atomic mass is 79.9. The lowest BCUT2D eigenvalue weighted by molar-refractivity contribution is 0.0505. The molecule has 7 nitrogen and oxygen atoms in total. The average Bonchev–Trinajstić information content (AvgIpc) is 2.57. The standard InChI is InChI=1S/C14H14BrN5O2/c15-10-7-18-14(19-8-10)22-11-3-1-6-20(9-11)13(21)12-16-4-2-5-17-12/h2,4-5,7-8,11H,1,3,6,9H2. The number of carbonyl (C=O) groups excluding carboxylic acids is 1. The zero-order valence-electron chi connectivity index (χ0n) is 11.7. The highest BCUT2D eigenvalue weighted by molar-refractivity contribution is 9.10. The summed E-state index contributed by atoms with van der Waals surface area (Å²) in [5.41, 5.74) is 0. The Morgan fingerprint density at radius 2 is 1.95 bits per heavy atom. The molecule has 0 N–H and O–H groups in total. The SMILES string of the molecule is O=C(c1ncccn1)N1CCCC(Oc2ncc(Br)cn2)C1. The molecule has 2 aromatic heterocycles. The molecule has 0 saturated carbocycles. The third kappa shape index (κ3) is 3.56. The molecular weight excluding hydrogens is 350 g/mol. The van der Waals surface area contributed by atoms with Crippen LogP contribution >= 0.6 is 15.9 Å². The summed E-state index contributed by atoms with van der Waals surface area (Å²) in [7, 11) is 0. The fourth-order valence-corrected chi connectivity index (χ4v) is 2.48. The molecule has 0 spiro atoms. The van der Waals surface area contributed by atoms with Crippen LogP contribution < -0.4 is 4.74 Å². The molecule has 1 amide bonds. The van der Waals surface area contributed by atoms with Crippen LogP contribution in [0.5, 0.6) is 6.01 Å². The minimum absolute atomic E-state index is 0.123. The molecule has 3 heterocycles. The number of hydrogen-bond acceptors (Lipinski definition) is 6. The van der Waals surface area contributed by atoms with Gasteiger partial charge in [-0.1, -0.05) is 0 Å². The van der Waals surface area contributed by atoms with Gasteiger partial charge in [0.1, 0.15) is 6.10 Å². The Balaban J connectivity index is 1.64. The van der Waals surface area contributed by atoms with Crippen molar-refractivity contribution in [2.24, 2.45) is 0 Å². The molecule has 8 heteroatoms. The fourth-order valence-electron chi connectivity index (χ4n) is 2.28. The Labute approximate surface area is 135 Å². The van der Waals surface area contributed by atoms with E-state index in [0.29, 0.717) is 19.1 Å². The Morgan fingerprint density at radius 1 is 1.23 bits per heavy atom. The van der Waals surface area contributed by atoms with Gasteiger partial charge in [-0.25, -0.2) is 19.9 Å². The van der Waals surface area contributed by atoms with Crippen molar-refractivity contribution >= 4 is 21.8 Å². The van der Waals surface area contributed by atoms with Crippen molar-refractivity contribution in [2.45, 2.75) is 18.9 Å². The quantitative estimate of drug-likeness (QED) is 0.825. The van der Waals surface area contributed by atoms with Crippen molar-refractivity contribution in [3.63, 3.8) is 0 Å². The van der Waals surface area contributed by atoms with Gasteiger partial charge in [-0.3, -0.25) is 4.79 Å². The van der Waals surface area contributed by atoms with E-state index in [0.717, 1.165) is 17.3 Å². The largest absolute Gasteiger partial charge is 0.458 e. The van der Waals surface area contributed by atoms with Gasteiger partial charge in [0.2, 0.25) is 5.82 Å². The maximum absolute atomic E-state index is 12.4. The van der Waals surface area contributed by atoms with Crippen LogP contribution in [0.15, 0.2) is 35.3 Å². The van der Waals surface area contributed by atoms with E-state index in [1.807, 2.05) is 0 Å². The number of ether oxygens (including phenoxy) is 1. The van der Waals surface area contributed by atoms with Crippen molar-refractivity contribution in [3.05, 3.63) is 41.2 Å². The Kier molecular flexibility index (Phi) is 4.57. The van der Waals surface area contributed by atoms with Crippen LogP contribution in [0.1, 0.15) is 23.5 Å². The van der Waals surface area contributed by atoms with Crippen LogP contribution in [-0.4, -0.2) is 49.9 Å². The van der Waals surface area contributed by atoms with Gasteiger partial charge in [-0.15, -0.1) is 0 Å². The maximum Gasteiger partial charge on any atom is 0.316 e. The molecule has 1 atom stereocenters. The minimum Gasteiger partial charge on any atom is -0.458 e. The number of piperidine rings is 1. The second-order valence-electron chi connectivity index (χ2n) is 4.89. The number of rotatable bonds is 3. The minimum atomic E-state index is -0.175. The molecule has 0 aliphatic carbocycles. The highest BCUT2D eigenvalue weighted by Crippen LogP contribution is 2.17. The van der Waals surface area contributed by atoms with Gasteiger partial charge in [-0.05, 0) is 34.8 Å². The van der Waals surface area contributed by atoms with Crippen LogP contribution in [-0.2, 0) is 0 Å². The molecule has 0 bridgehead atoms. The van der Waals surface area contributed by atoms with E-state index in [1.165, 1.54) is 0 Å².